The predicted octanol–water partition coefficient (Wildman–Crippen LogP) is 3.18. The van der Waals surface area contributed by atoms with Gasteiger partial charge in [-0.3, -0.25) is 14.6 Å². The lowest BCUT2D eigenvalue weighted by Crippen LogP contribution is -2.45. The van der Waals surface area contributed by atoms with Crippen LogP contribution >= 0.6 is 0 Å². The van der Waals surface area contributed by atoms with Crippen LogP contribution in [0.15, 0.2) is 47.1 Å². The van der Waals surface area contributed by atoms with Crippen molar-refractivity contribution in [2.24, 2.45) is 0 Å². The number of hydrogen-bond donors (Lipinski definition) is 1. The van der Waals surface area contributed by atoms with Crippen molar-refractivity contribution in [1.29, 1.82) is 0 Å². The van der Waals surface area contributed by atoms with Gasteiger partial charge in [-0.15, -0.1) is 0 Å². The molecule has 1 aliphatic carbocycles. The molecule has 2 aliphatic rings. The Hall–Kier alpha value is -2.44. The van der Waals surface area contributed by atoms with Crippen LogP contribution in [0, 0.1) is 0 Å². The van der Waals surface area contributed by atoms with Crippen LogP contribution in [0.5, 0.6) is 0 Å². The molecular formula is C23H30N4O2. The van der Waals surface area contributed by atoms with E-state index >= 15 is 0 Å². The van der Waals surface area contributed by atoms with E-state index in [0.717, 1.165) is 45.6 Å². The van der Waals surface area contributed by atoms with Crippen LogP contribution in [0.2, 0.25) is 0 Å². The van der Waals surface area contributed by atoms with Crippen molar-refractivity contribution in [2.75, 3.05) is 32.7 Å². The molecule has 6 heteroatoms. The topological polar surface area (TPSA) is 61.6 Å². The molecule has 1 aromatic heterocycles. The van der Waals surface area contributed by atoms with Crippen LogP contribution in [0.1, 0.15) is 47.6 Å². The van der Waals surface area contributed by atoms with E-state index < -0.39 is 0 Å². The molecule has 1 amide bonds. The minimum Gasteiger partial charge on any atom is -0.447 e. The van der Waals surface area contributed by atoms with Gasteiger partial charge in [-0.2, -0.15) is 0 Å². The Bertz CT molecular complexity index is 803. The first kappa shape index (κ1) is 19.9. The summed E-state index contributed by atoms with van der Waals surface area (Å²) < 4.78 is 5.56. The summed E-state index contributed by atoms with van der Waals surface area (Å²) in [6, 6.07) is 10.7. The molecule has 154 valence electrons. The number of aromatic nitrogens is 1. The Labute approximate surface area is 172 Å². The SMILES string of the molecule is O=C(NC1CCCC1)c1coc(CN2CCN(CC=Cc3ccccc3)CC2)n1. The lowest BCUT2D eigenvalue weighted by Gasteiger charge is -2.33. The number of nitrogens with one attached hydrogen (secondary N) is 1. The van der Waals surface area contributed by atoms with Crippen molar-refractivity contribution in [3.8, 4) is 0 Å². The standard InChI is InChI=1S/C23H30N4O2/c28-23(24-20-10-4-5-11-20)21-18-29-22(25-21)17-27-15-13-26(14-16-27)12-6-9-19-7-2-1-3-8-19/h1-3,6-9,18,20H,4-5,10-17H2,(H,24,28). The summed E-state index contributed by atoms with van der Waals surface area (Å²) in [6.45, 7) is 5.62. The Morgan fingerprint density at radius 2 is 1.83 bits per heavy atom. The maximum atomic E-state index is 12.3. The molecule has 2 aromatic rings. The summed E-state index contributed by atoms with van der Waals surface area (Å²) in [5, 5.41) is 3.06. The lowest BCUT2D eigenvalue weighted by molar-refractivity contribution is 0.0932. The van der Waals surface area contributed by atoms with Gasteiger partial charge in [-0.25, -0.2) is 4.98 Å². The predicted molar refractivity (Wildman–Crippen MR) is 113 cm³/mol. The van der Waals surface area contributed by atoms with Gasteiger partial charge in [0.1, 0.15) is 6.26 Å². The van der Waals surface area contributed by atoms with E-state index in [0.29, 0.717) is 24.2 Å². The lowest BCUT2D eigenvalue weighted by atomic mass is 10.2. The summed E-state index contributed by atoms with van der Waals surface area (Å²) in [7, 11) is 0. The first-order valence-electron chi connectivity index (χ1n) is 10.7. The van der Waals surface area contributed by atoms with E-state index in [1.165, 1.54) is 24.7 Å². The Balaban J connectivity index is 1.19. The van der Waals surface area contributed by atoms with Crippen LogP contribution < -0.4 is 5.32 Å². The van der Waals surface area contributed by atoms with Gasteiger partial charge in [0, 0.05) is 38.8 Å². The molecule has 1 saturated heterocycles. The van der Waals surface area contributed by atoms with Gasteiger partial charge in [0.05, 0.1) is 6.54 Å². The van der Waals surface area contributed by atoms with Gasteiger partial charge in [0.15, 0.2) is 5.69 Å². The minimum atomic E-state index is -0.109. The van der Waals surface area contributed by atoms with Crippen molar-refractivity contribution >= 4 is 12.0 Å². The third-order valence-corrected chi connectivity index (χ3v) is 5.77. The largest absolute Gasteiger partial charge is 0.447 e. The van der Waals surface area contributed by atoms with Crippen LogP contribution in [-0.4, -0.2) is 59.5 Å². The second kappa shape index (κ2) is 9.85. The molecule has 0 spiro atoms. The van der Waals surface area contributed by atoms with Crippen LogP contribution in [0.25, 0.3) is 6.08 Å². The second-order valence-electron chi connectivity index (χ2n) is 7.97. The number of carbonyl (C=O) groups is 1. The van der Waals surface area contributed by atoms with E-state index in [-0.39, 0.29) is 5.91 Å². The van der Waals surface area contributed by atoms with Crippen molar-refractivity contribution in [3.05, 3.63) is 59.8 Å². The molecule has 29 heavy (non-hydrogen) atoms. The quantitative estimate of drug-likeness (QED) is 0.782. The zero-order valence-electron chi connectivity index (χ0n) is 16.9. The first-order valence-corrected chi connectivity index (χ1v) is 10.7. The minimum absolute atomic E-state index is 0.109. The van der Waals surface area contributed by atoms with Gasteiger partial charge in [0.25, 0.3) is 5.91 Å². The fraction of sp³-hybridized carbons (Fsp3) is 0.478. The van der Waals surface area contributed by atoms with Crippen LogP contribution in [0.3, 0.4) is 0 Å². The molecule has 2 fully saturated rings. The maximum Gasteiger partial charge on any atom is 0.273 e. The molecule has 0 atom stereocenters. The maximum absolute atomic E-state index is 12.3. The molecule has 1 aliphatic heterocycles. The number of rotatable bonds is 7. The van der Waals surface area contributed by atoms with Gasteiger partial charge in [0.2, 0.25) is 5.89 Å². The number of amides is 1. The number of oxazole rings is 1. The van der Waals surface area contributed by atoms with Crippen molar-refractivity contribution in [1.82, 2.24) is 20.1 Å². The highest BCUT2D eigenvalue weighted by molar-refractivity contribution is 5.92. The van der Waals surface area contributed by atoms with E-state index in [1.54, 1.807) is 0 Å². The van der Waals surface area contributed by atoms with E-state index in [1.807, 2.05) is 6.07 Å². The monoisotopic (exact) mass is 394 g/mol. The number of nitrogens with zero attached hydrogens (tertiary/aromatic N) is 3. The molecule has 2 heterocycles. The average molecular weight is 395 g/mol. The zero-order valence-corrected chi connectivity index (χ0v) is 16.9. The van der Waals surface area contributed by atoms with Crippen molar-refractivity contribution in [3.63, 3.8) is 0 Å². The molecule has 1 N–H and O–H groups in total. The summed E-state index contributed by atoms with van der Waals surface area (Å²) in [5.41, 5.74) is 1.64. The average Bonchev–Trinajstić information content (AvgIpc) is 3.42. The van der Waals surface area contributed by atoms with Crippen LogP contribution in [0.4, 0.5) is 0 Å². The Kier molecular flexibility index (Phi) is 6.75. The molecule has 1 saturated carbocycles. The van der Waals surface area contributed by atoms with E-state index in [2.05, 4.69) is 56.5 Å². The smallest absolute Gasteiger partial charge is 0.273 e. The summed E-state index contributed by atoms with van der Waals surface area (Å²) in [4.78, 5) is 21.5. The van der Waals surface area contributed by atoms with Crippen LogP contribution in [-0.2, 0) is 6.54 Å². The number of carbonyl (C=O) groups excluding carboxylic acids is 1. The van der Waals surface area contributed by atoms with E-state index in [9.17, 15) is 4.79 Å². The number of benzene rings is 1. The summed E-state index contributed by atoms with van der Waals surface area (Å²) in [5.74, 6) is 0.515. The van der Waals surface area contributed by atoms with Gasteiger partial charge in [-0.05, 0) is 18.4 Å². The second-order valence-corrected chi connectivity index (χ2v) is 7.97. The van der Waals surface area contributed by atoms with Crippen molar-refractivity contribution in [2.45, 2.75) is 38.3 Å². The molecule has 0 radical (unpaired) electrons. The number of piperazine rings is 1. The number of hydrogen-bond acceptors (Lipinski definition) is 5. The highest BCUT2D eigenvalue weighted by atomic mass is 16.3. The van der Waals surface area contributed by atoms with Gasteiger partial charge < -0.3 is 9.73 Å². The molecule has 1 aromatic carbocycles. The highest BCUT2D eigenvalue weighted by Crippen LogP contribution is 2.18. The molecule has 0 bridgehead atoms. The highest BCUT2D eigenvalue weighted by Gasteiger charge is 2.22. The molecule has 6 nitrogen and oxygen atoms in total. The fourth-order valence-corrected chi connectivity index (χ4v) is 4.04. The Morgan fingerprint density at radius 1 is 1.10 bits per heavy atom. The summed E-state index contributed by atoms with van der Waals surface area (Å²) in [6.07, 6.45) is 10.4. The Morgan fingerprint density at radius 3 is 2.59 bits per heavy atom. The van der Waals surface area contributed by atoms with E-state index in [4.69, 9.17) is 4.42 Å². The zero-order chi connectivity index (χ0) is 19.9. The first-order chi connectivity index (χ1) is 14.3. The van der Waals surface area contributed by atoms with Crippen molar-refractivity contribution < 1.29 is 9.21 Å². The third kappa shape index (κ3) is 5.78. The molecule has 0 unspecified atom stereocenters. The van der Waals surface area contributed by atoms with Gasteiger partial charge >= 0.3 is 0 Å². The van der Waals surface area contributed by atoms with Gasteiger partial charge in [-0.1, -0.05) is 55.3 Å². The fourth-order valence-electron chi connectivity index (χ4n) is 4.04. The normalized spacial score (nSPS) is 19.2. The molecule has 4 rings (SSSR count). The summed E-state index contributed by atoms with van der Waals surface area (Å²) >= 11 is 0. The third-order valence-electron chi connectivity index (χ3n) is 5.77. The molecular weight excluding hydrogens is 364 g/mol.